The highest BCUT2D eigenvalue weighted by molar-refractivity contribution is 7.91. The lowest BCUT2D eigenvalue weighted by Crippen LogP contribution is -2.33. The molecular formula is C23H42N3O9P3. The monoisotopic (exact) mass is 597 g/mol. The number of hydrogen-bond acceptors (Lipinski definition) is 9. The fourth-order valence-corrected chi connectivity index (χ4v) is 13.6. The molecule has 2 N–H and O–H groups in total. The van der Waals surface area contributed by atoms with Crippen molar-refractivity contribution in [3.05, 3.63) is 23.5 Å². The van der Waals surface area contributed by atoms with Crippen molar-refractivity contribution >= 4 is 28.2 Å². The third kappa shape index (κ3) is 7.15. The quantitative estimate of drug-likeness (QED) is 0.154. The fourth-order valence-electron chi connectivity index (χ4n) is 4.44. The van der Waals surface area contributed by atoms with Gasteiger partial charge in [-0.1, -0.05) is 26.2 Å². The fraction of sp³-hybridized carbons (Fsp3) is 0.739. The Morgan fingerprint density at radius 2 is 1.58 bits per heavy atom. The first kappa shape index (κ1) is 33.1. The van der Waals surface area contributed by atoms with Gasteiger partial charge in [-0.05, 0) is 53.0 Å². The number of rotatable bonds is 18. The molecule has 38 heavy (non-hydrogen) atoms. The average molecular weight is 598 g/mol. The van der Waals surface area contributed by atoms with Gasteiger partial charge in [0.05, 0.1) is 26.4 Å². The maximum absolute atomic E-state index is 14.1. The van der Waals surface area contributed by atoms with E-state index in [1.165, 1.54) is 25.3 Å². The molecule has 0 aliphatic carbocycles. The SMILES string of the molecule is CCCCCCOc1cc2nc(C)cc(CCC(P(=O)(O)O)(P(C)(=O)OCC)P(=O)(OCC)OCC)n2n1. The molecule has 0 aliphatic rings. The van der Waals surface area contributed by atoms with Crippen LogP contribution in [0.4, 0.5) is 0 Å². The van der Waals surface area contributed by atoms with Crippen LogP contribution in [0.1, 0.15) is 71.2 Å². The molecular weight excluding hydrogens is 555 g/mol. The second-order valence-electron chi connectivity index (χ2n) is 8.97. The first-order valence-corrected chi connectivity index (χ1v) is 18.2. The summed E-state index contributed by atoms with van der Waals surface area (Å²) in [5.41, 5.74) is 1.61. The summed E-state index contributed by atoms with van der Waals surface area (Å²) >= 11 is 0. The molecule has 2 unspecified atom stereocenters. The van der Waals surface area contributed by atoms with Gasteiger partial charge >= 0.3 is 15.2 Å². The first-order chi connectivity index (χ1) is 17.8. The summed E-state index contributed by atoms with van der Waals surface area (Å²) in [6, 6.07) is 3.38. The highest BCUT2D eigenvalue weighted by atomic mass is 31.3. The van der Waals surface area contributed by atoms with E-state index in [1.807, 2.05) is 0 Å². The molecule has 0 aromatic carbocycles. The van der Waals surface area contributed by atoms with Crippen LogP contribution < -0.4 is 4.74 Å². The Labute approximate surface area is 225 Å². The van der Waals surface area contributed by atoms with E-state index in [9.17, 15) is 23.5 Å². The molecule has 2 atom stereocenters. The normalized spacial score (nSPS) is 15.9. The number of unbranched alkanes of at least 4 members (excludes halogenated alkanes) is 3. The highest BCUT2D eigenvalue weighted by Crippen LogP contribution is 2.88. The highest BCUT2D eigenvalue weighted by Gasteiger charge is 2.71. The summed E-state index contributed by atoms with van der Waals surface area (Å²) in [7, 11) is -14.4. The van der Waals surface area contributed by atoms with E-state index in [0.717, 1.165) is 32.3 Å². The van der Waals surface area contributed by atoms with Crippen LogP contribution in [0.25, 0.3) is 5.65 Å². The summed E-state index contributed by atoms with van der Waals surface area (Å²) < 4.78 is 62.0. The van der Waals surface area contributed by atoms with Crippen LogP contribution in [-0.2, 0) is 33.7 Å². The molecule has 2 rings (SSSR count). The van der Waals surface area contributed by atoms with Gasteiger partial charge in [-0.3, -0.25) is 13.7 Å². The third-order valence-electron chi connectivity index (χ3n) is 6.10. The predicted octanol–water partition coefficient (Wildman–Crippen LogP) is 5.97. The number of aryl methyl sites for hydroxylation is 2. The van der Waals surface area contributed by atoms with Gasteiger partial charge in [-0.25, -0.2) is 9.50 Å². The van der Waals surface area contributed by atoms with Gasteiger partial charge in [0.15, 0.2) is 5.65 Å². The summed E-state index contributed by atoms with van der Waals surface area (Å²) in [5, 5.41) is 4.47. The minimum atomic E-state index is -5.44. The van der Waals surface area contributed by atoms with Crippen molar-refractivity contribution in [2.24, 2.45) is 0 Å². The van der Waals surface area contributed by atoms with Crippen LogP contribution >= 0.6 is 22.6 Å². The van der Waals surface area contributed by atoms with Gasteiger partial charge in [0, 0.05) is 24.1 Å². The maximum atomic E-state index is 14.1. The molecule has 0 bridgehead atoms. The van der Waals surface area contributed by atoms with Crippen molar-refractivity contribution in [2.45, 2.75) is 77.8 Å². The molecule has 15 heteroatoms. The lowest BCUT2D eigenvalue weighted by Gasteiger charge is -2.41. The lowest BCUT2D eigenvalue weighted by atomic mass is 10.2. The van der Waals surface area contributed by atoms with Crippen molar-refractivity contribution in [3.63, 3.8) is 0 Å². The van der Waals surface area contributed by atoms with Crippen molar-refractivity contribution in [3.8, 4) is 5.88 Å². The van der Waals surface area contributed by atoms with E-state index in [1.54, 1.807) is 19.1 Å². The molecule has 0 spiro atoms. The number of hydrogen-bond donors (Lipinski definition) is 2. The van der Waals surface area contributed by atoms with Gasteiger partial charge < -0.3 is 28.1 Å². The predicted molar refractivity (Wildman–Crippen MR) is 146 cm³/mol. The summed E-state index contributed by atoms with van der Waals surface area (Å²) in [6.07, 6.45) is 3.57. The lowest BCUT2D eigenvalue weighted by molar-refractivity contribution is 0.204. The maximum Gasteiger partial charge on any atom is 0.358 e. The Bertz CT molecular complexity index is 1190. The van der Waals surface area contributed by atoms with Crippen LogP contribution in [0.15, 0.2) is 12.1 Å². The molecule has 0 aliphatic heterocycles. The smallest absolute Gasteiger partial charge is 0.358 e. The van der Waals surface area contributed by atoms with Crippen molar-refractivity contribution < 1.29 is 41.8 Å². The van der Waals surface area contributed by atoms with Crippen LogP contribution in [0, 0.1) is 6.92 Å². The molecule has 2 heterocycles. The van der Waals surface area contributed by atoms with Gasteiger partial charge in [-0.15, -0.1) is 5.10 Å². The van der Waals surface area contributed by atoms with E-state index >= 15 is 0 Å². The Kier molecular flexibility index (Phi) is 12.2. The molecule has 0 saturated heterocycles. The first-order valence-electron chi connectivity index (χ1n) is 13.0. The Morgan fingerprint density at radius 1 is 0.947 bits per heavy atom. The third-order valence-corrected chi connectivity index (χ3v) is 17.0. The largest absolute Gasteiger partial charge is 0.477 e. The van der Waals surface area contributed by atoms with Gasteiger partial charge in [0.25, 0.3) is 0 Å². The Balaban J connectivity index is 2.57. The van der Waals surface area contributed by atoms with Gasteiger partial charge in [0.1, 0.15) is 0 Å². The zero-order valence-electron chi connectivity index (χ0n) is 23.2. The van der Waals surface area contributed by atoms with E-state index in [0.29, 0.717) is 29.5 Å². The number of nitrogens with zero attached hydrogens (tertiary/aromatic N) is 3. The Morgan fingerprint density at radius 3 is 2.13 bits per heavy atom. The number of fused-ring (bicyclic) bond motifs is 1. The summed E-state index contributed by atoms with van der Waals surface area (Å²) in [4.78, 5) is 25.8. The minimum Gasteiger partial charge on any atom is -0.477 e. The van der Waals surface area contributed by atoms with Crippen LogP contribution in [0.5, 0.6) is 5.88 Å². The number of ether oxygens (including phenoxy) is 1. The molecule has 2 aromatic rings. The molecule has 218 valence electrons. The van der Waals surface area contributed by atoms with Gasteiger partial charge in [0.2, 0.25) is 17.9 Å². The molecule has 0 saturated carbocycles. The van der Waals surface area contributed by atoms with Gasteiger partial charge in [-0.2, -0.15) is 0 Å². The van der Waals surface area contributed by atoms with E-state index in [4.69, 9.17) is 18.3 Å². The molecule has 2 aromatic heterocycles. The molecule has 0 fully saturated rings. The van der Waals surface area contributed by atoms with Crippen molar-refractivity contribution in [1.29, 1.82) is 0 Å². The standard InChI is InChI=1S/C23H42N3O9P3/c1-7-11-12-13-16-32-22-18-21-24-19(5)17-20(26(21)25-22)14-15-23(37(28,29)30,36(6,27)33-8-2)38(31,34-9-3)35-10-4/h17-18H,7-16H2,1-6H3,(H2,28,29,30). The van der Waals surface area contributed by atoms with E-state index < -0.39 is 33.6 Å². The summed E-state index contributed by atoms with van der Waals surface area (Å²) in [5.74, 6) is 0.367. The second kappa shape index (κ2) is 14.0. The molecule has 0 amide bonds. The zero-order valence-corrected chi connectivity index (χ0v) is 25.8. The van der Waals surface area contributed by atoms with Crippen LogP contribution in [0.2, 0.25) is 0 Å². The van der Waals surface area contributed by atoms with Crippen molar-refractivity contribution in [1.82, 2.24) is 14.6 Å². The van der Waals surface area contributed by atoms with Crippen molar-refractivity contribution in [2.75, 3.05) is 33.1 Å². The molecule has 12 nitrogen and oxygen atoms in total. The topological polar surface area (TPSA) is 159 Å². The average Bonchev–Trinajstić information content (AvgIpc) is 3.21. The van der Waals surface area contributed by atoms with Crippen LogP contribution in [-0.4, -0.2) is 62.1 Å². The number of aromatic nitrogens is 3. The zero-order chi connectivity index (χ0) is 28.6. The van der Waals surface area contributed by atoms with E-state index in [2.05, 4.69) is 17.0 Å². The van der Waals surface area contributed by atoms with E-state index in [-0.39, 0.29) is 26.2 Å². The minimum absolute atomic E-state index is 0.0857. The summed E-state index contributed by atoms with van der Waals surface area (Å²) in [6.45, 7) is 9.57. The Hall–Kier alpha value is -1.09. The second-order valence-corrected chi connectivity index (χ2v) is 16.9. The molecule has 0 radical (unpaired) electrons. The van der Waals surface area contributed by atoms with Crippen LogP contribution in [0.3, 0.4) is 0 Å².